The van der Waals surface area contributed by atoms with Crippen LogP contribution in [0.2, 0.25) is 5.15 Å². The van der Waals surface area contributed by atoms with Crippen molar-refractivity contribution in [2.45, 2.75) is 12.5 Å². The van der Waals surface area contributed by atoms with E-state index >= 15 is 0 Å². The molecule has 1 unspecified atom stereocenters. The minimum absolute atomic E-state index is 0.0220. The van der Waals surface area contributed by atoms with Crippen LogP contribution in [0.4, 0.5) is 5.69 Å². The first-order valence-corrected chi connectivity index (χ1v) is 6.08. The summed E-state index contributed by atoms with van der Waals surface area (Å²) < 4.78 is 4.90. The van der Waals surface area contributed by atoms with Crippen LogP contribution in [0.15, 0.2) is 12.3 Å². The first-order chi connectivity index (χ1) is 9.49. The minimum atomic E-state index is -0.713. The van der Waals surface area contributed by atoms with E-state index in [4.69, 9.17) is 21.4 Å². The Morgan fingerprint density at radius 1 is 1.70 bits per heavy atom. The van der Waals surface area contributed by atoms with Crippen LogP contribution in [0.25, 0.3) is 0 Å². The number of halogens is 1. The van der Waals surface area contributed by atoms with Gasteiger partial charge in [-0.05, 0) is 12.5 Å². The SMILES string of the molecule is COCC(CCO)NC(=O)c1cc(Cl)ncc1[N+](=O)[O-]. The standard InChI is InChI=1S/C11H14ClN3O5/c1-20-6-7(2-3-16)14-11(17)8-4-10(12)13-5-9(8)15(18)19/h4-5,7,16H,2-3,6H2,1H3,(H,14,17). The van der Waals surface area contributed by atoms with Crippen LogP contribution in [0.1, 0.15) is 16.8 Å². The van der Waals surface area contributed by atoms with Crippen LogP contribution in [0.3, 0.4) is 0 Å². The monoisotopic (exact) mass is 303 g/mol. The molecule has 1 atom stereocenters. The fourth-order valence-electron chi connectivity index (χ4n) is 1.57. The molecule has 20 heavy (non-hydrogen) atoms. The zero-order valence-electron chi connectivity index (χ0n) is 10.7. The van der Waals surface area contributed by atoms with Crippen molar-refractivity contribution in [3.8, 4) is 0 Å². The Balaban J connectivity index is 2.95. The molecule has 0 aliphatic heterocycles. The number of nitro groups is 1. The summed E-state index contributed by atoms with van der Waals surface area (Å²) in [5.74, 6) is -0.670. The van der Waals surface area contributed by atoms with Gasteiger partial charge in [-0.2, -0.15) is 0 Å². The molecule has 0 fully saturated rings. The summed E-state index contributed by atoms with van der Waals surface area (Å²) in [6.45, 7) is 0.0341. The Labute approximate surface area is 119 Å². The Bertz CT molecular complexity index is 491. The summed E-state index contributed by atoms with van der Waals surface area (Å²) in [4.78, 5) is 25.8. The molecule has 1 amide bonds. The quantitative estimate of drug-likeness (QED) is 0.437. The second-order valence-corrected chi connectivity index (χ2v) is 4.31. The highest BCUT2D eigenvalue weighted by molar-refractivity contribution is 6.29. The molecule has 1 aromatic heterocycles. The van der Waals surface area contributed by atoms with Gasteiger partial charge in [0.25, 0.3) is 11.6 Å². The lowest BCUT2D eigenvalue weighted by molar-refractivity contribution is -0.385. The average molecular weight is 304 g/mol. The number of hydrogen-bond donors (Lipinski definition) is 2. The van der Waals surface area contributed by atoms with Gasteiger partial charge in [-0.15, -0.1) is 0 Å². The first-order valence-electron chi connectivity index (χ1n) is 5.70. The van der Waals surface area contributed by atoms with E-state index in [0.717, 1.165) is 12.3 Å². The third kappa shape index (κ3) is 4.41. The summed E-state index contributed by atoms with van der Waals surface area (Å²) in [5.41, 5.74) is -0.624. The van der Waals surface area contributed by atoms with E-state index in [1.807, 2.05) is 0 Å². The Kier molecular flexibility index (Phi) is 6.29. The molecule has 0 aliphatic carbocycles. The summed E-state index contributed by atoms with van der Waals surface area (Å²) in [5, 5.41) is 22.3. The third-order valence-electron chi connectivity index (χ3n) is 2.47. The van der Waals surface area contributed by atoms with Crippen molar-refractivity contribution >= 4 is 23.2 Å². The number of rotatable bonds is 7. The van der Waals surface area contributed by atoms with Crippen molar-refractivity contribution in [3.63, 3.8) is 0 Å². The molecule has 2 N–H and O–H groups in total. The molecule has 1 rings (SSSR count). The second-order valence-electron chi connectivity index (χ2n) is 3.92. The maximum Gasteiger partial charge on any atom is 0.300 e. The number of pyridine rings is 1. The number of nitrogens with zero attached hydrogens (tertiary/aromatic N) is 2. The van der Waals surface area contributed by atoms with Gasteiger partial charge < -0.3 is 15.2 Å². The highest BCUT2D eigenvalue weighted by Crippen LogP contribution is 2.20. The fraction of sp³-hybridized carbons (Fsp3) is 0.455. The smallest absolute Gasteiger partial charge is 0.300 e. The van der Waals surface area contributed by atoms with Gasteiger partial charge >= 0.3 is 0 Å². The Morgan fingerprint density at radius 2 is 2.40 bits per heavy atom. The van der Waals surface area contributed by atoms with E-state index in [1.165, 1.54) is 7.11 Å². The Morgan fingerprint density at radius 3 is 2.95 bits per heavy atom. The molecule has 1 aromatic rings. The van der Waals surface area contributed by atoms with E-state index in [2.05, 4.69) is 10.3 Å². The molecule has 0 saturated carbocycles. The molecule has 0 aliphatic rings. The van der Waals surface area contributed by atoms with E-state index < -0.39 is 22.6 Å². The van der Waals surface area contributed by atoms with E-state index in [9.17, 15) is 14.9 Å². The normalized spacial score (nSPS) is 11.9. The number of aliphatic hydroxyl groups excluding tert-OH is 1. The molecule has 0 aromatic carbocycles. The van der Waals surface area contributed by atoms with Gasteiger partial charge in [-0.1, -0.05) is 11.6 Å². The van der Waals surface area contributed by atoms with Crippen LogP contribution >= 0.6 is 11.6 Å². The van der Waals surface area contributed by atoms with Crippen molar-refractivity contribution in [2.24, 2.45) is 0 Å². The minimum Gasteiger partial charge on any atom is -0.396 e. The fourth-order valence-corrected chi connectivity index (χ4v) is 1.73. The number of aliphatic hydroxyl groups is 1. The van der Waals surface area contributed by atoms with Crippen molar-refractivity contribution < 1.29 is 19.6 Å². The highest BCUT2D eigenvalue weighted by atomic mass is 35.5. The molecule has 1 heterocycles. The van der Waals surface area contributed by atoms with Gasteiger partial charge in [-0.3, -0.25) is 14.9 Å². The molecule has 0 bridgehead atoms. The zero-order valence-corrected chi connectivity index (χ0v) is 11.5. The highest BCUT2D eigenvalue weighted by Gasteiger charge is 2.23. The summed E-state index contributed by atoms with van der Waals surface area (Å²) in [6, 6.07) is 0.668. The summed E-state index contributed by atoms with van der Waals surface area (Å²) in [7, 11) is 1.45. The predicted molar refractivity (Wildman–Crippen MR) is 70.7 cm³/mol. The van der Waals surface area contributed by atoms with Gasteiger partial charge in [0.2, 0.25) is 0 Å². The van der Waals surface area contributed by atoms with Crippen LogP contribution in [-0.2, 0) is 4.74 Å². The van der Waals surface area contributed by atoms with Gasteiger partial charge in [0.1, 0.15) is 16.9 Å². The topological polar surface area (TPSA) is 115 Å². The van der Waals surface area contributed by atoms with Crippen LogP contribution in [-0.4, -0.2) is 47.3 Å². The first kappa shape index (κ1) is 16.3. The number of aromatic nitrogens is 1. The van der Waals surface area contributed by atoms with Crippen molar-refractivity contribution in [1.82, 2.24) is 10.3 Å². The van der Waals surface area contributed by atoms with Crippen molar-refractivity contribution in [2.75, 3.05) is 20.3 Å². The number of carbonyl (C=O) groups excluding carboxylic acids is 1. The average Bonchev–Trinajstić information content (AvgIpc) is 2.38. The van der Waals surface area contributed by atoms with Crippen LogP contribution in [0, 0.1) is 10.1 Å². The van der Waals surface area contributed by atoms with Gasteiger partial charge in [0.05, 0.1) is 17.6 Å². The maximum absolute atomic E-state index is 12.0. The molecular formula is C11H14ClN3O5. The number of nitrogens with one attached hydrogen (secondary N) is 1. The van der Waals surface area contributed by atoms with Crippen LogP contribution < -0.4 is 5.32 Å². The molecule has 0 saturated heterocycles. The number of ether oxygens (including phenoxy) is 1. The molecule has 110 valence electrons. The maximum atomic E-state index is 12.0. The van der Waals surface area contributed by atoms with Gasteiger partial charge in [0, 0.05) is 13.7 Å². The van der Waals surface area contributed by atoms with E-state index in [0.29, 0.717) is 0 Å². The summed E-state index contributed by atoms with van der Waals surface area (Å²) in [6.07, 6.45) is 1.20. The molecule has 9 heteroatoms. The number of hydrogen-bond acceptors (Lipinski definition) is 6. The lowest BCUT2D eigenvalue weighted by Gasteiger charge is -2.16. The molecule has 0 spiro atoms. The number of amides is 1. The molecule has 8 nitrogen and oxygen atoms in total. The lowest BCUT2D eigenvalue weighted by atomic mass is 10.1. The molecule has 0 radical (unpaired) electrons. The molecular weight excluding hydrogens is 290 g/mol. The van der Waals surface area contributed by atoms with Crippen molar-refractivity contribution in [1.29, 1.82) is 0 Å². The van der Waals surface area contributed by atoms with Crippen molar-refractivity contribution in [3.05, 3.63) is 33.1 Å². The number of carbonyl (C=O) groups is 1. The van der Waals surface area contributed by atoms with E-state index in [-0.39, 0.29) is 30.4 Å². The predicted octanol–water partition coefficient (Wildman–Crippen LogP) is 0.770. The number of methoxy groups -OCH3 is 1. The van der Waals surface area contributed by atoms with Crippen LogP contribution in [0.5, 0.6) is 0 Å². The second kappa shape index (κ2) is 7.73. The Hall–Kier alpha value is -1.77. The van der Waals surface area contributed by atoms with Gasteiger partial charge in [-0.25, -0.2) is 4.98 Å². The third-order valence-corrected chi connectivity index (χ3v) is 2.68. The lowest BCUT2D eigenvalue weighted by Crippen LogP contribution is -2.39. The summed E-state index contributed by atoms with van der Waals surface area (Å²) >= 11 is 5.65. The van der Waals surface area contributed by atoms with E-state index in [1.54, 1.807) is 0 Å². The van der Waals surface area contributed by atoms with Gasteiger partial charge in [0.15, 0.2) is 0 Å². The zero-order chi connectivity index (χ0) is 15.1. The largest absolute Gasteiger partial charge is 0.396 e.